The molecular formula is C27H27BrN2O4. The van der Waals surface area contributed by atoms with Crippen LogP contribution in [0.5, 0.6) is 11.5 Å². The van der Waals surface area contributed by atoms with Crippen LogP contribution in [0.2, 0.25) is 0 Å². The standard InChI is InChI=1S/C27H27BrN2O4/c1-17(2)20-10-9-19(4)25(14-20)33-16-26(31)30-29-15-21-13-22(28)11-12-24(21)34-27(32)23-8-6-5-7-18(23)3/h5-15,17H,16H2,1-4H3,(H,30,31)/b29-15+. The smallest absolute Gasteiger partial charge is 0.343 e. The predicted octanol–water partition coefficient (Wildman–Crippen LogP) is 5.94. The number of nitrogens with zero attached hydrogens (tertiary/aromatic N) is 1. The number of ether oxygens (including phenoxy) is 2. The number of amides is 1. The van der Waals surface area contributed by atoms with Crippen LogP contribution in [0.1, 0.15) is 52.4 Å². The highest BCUT2D eigenvalue weighted by atomic mass is 79.9. The molecular weight excluding hydrogens is 496 g/mol. The van der Waals surface area contributed by atoms with E-state index in [1.54, 1.807) is 30.3 Å². The lowest BCUT2D eigenvalue weighted by Crippen LogP contribution is -2.24. The van der Waals surface area contributed by atoms with Crippen molar-refractivity contribution in [1.82, 2.24) is 5.43 Å². The molecule has 0 aromatic heterocycles. The van der Waals surface area contributed by atoms with Crippen molar-refractivity contribution in [3.63, 3.8) is 0 Å². The van der Waals surface area contributed by atoms with Gasteiger partial charge in [0, 0.05) is 10.0 Å². The highest BCUT2D eigenvalue weighted by molar-refractivity contribution is 9.10. The maximum absolute atomic E-state index is 12.6. The van der Waals surface area contributed by atoms with Crippen LogP contribution in [0.4, 0.5) is 0 Å². The lowest BCUT2D eigenvalue weighted by atomic mass is 10.0. The number of benzene rings is 3. The first-order valence-corrected chi connectivity index (χ1v) is 11.7. The van der Waals surface area contributed by atoms with Crippen molar-refractivity contribution in [3.05, 3.63) is 93.0 Å². The van der Waals surface area contributed by atoms with Gasteiger partial charge in [0.15, 0.2) is 6.61 Å². The van der Waals surface area contributed by atoms with Gasteiger partial charge in [-0.05, 0) is 66.8 Å². The van der Waals surface area contributed by atoms with Crippen LogP contribution in [0.25, 0.3) is 0 Å². The van der Waals surface area contributed by atoms with E-state index in [2.05, 4.69) is 46.4 Å². The van der Waals surface area contributed by atoms with Crippen molar-refractivity contribution in [2.24, 2.45) is 5.10 Å². The maximum Gasteiger partial charge on any atom is 0.343 e. The van der Waals surface area contributed by atoms with Gasteiger partial charge in [-0.3, -0.25) is 4.79 Å². The molecule has 0 atom stereocenters. The van der Waals surface area contributed by atoms with Gasteiger partial charge in [-0.2, -0.15) is 5.10 Å². The second kappa shape index (κ2) is 11.6. The number of halogens is 1. The topological polar surface area (TPSA) is 77.0 Å². The monoisotopic (exact) mass is 522 g/mol. The van der Waals surface area contributed by atoms with Crippen LogP contribution in [-0.4, -0.2) is 24.7 Å². The zero-order valence-electron chi connectivity index (χ0n) is 19.6. The number of carbonyl (C=O) groups is 2. The third kappa shape index (κ3) is 6.78. The lowest BCUT2D eigenvalue weighted by molar-refractivity contribution is -0.123. The molecule has 0 radical (unpaired) electrons. The fourth-order valence-corrected chi connectivity index (χ4v) is 3.53. The van der Waals surface area contributed by atoms with Gasteiger partial charge in [0.2, 0.25) is 0 Å². The molecule has 0 bridgehead atoms. The Morgan fingerprint density at radius 2 is 1.76 bits per heavy atom. The Hall–Kier alpha value is -3.45. The van der Waals surface area contributed by atoms with E-state index >= 15 is 0 Å². The van der Waals surface area contributed by atoms with Gasteiger partial charge in [0.1, 0.15) is 11.5 Å². The number of aryl methyl sites for hydroxylation is 2. The van der Waals surface area contributed by atoms with Gasteiger partial charge in [0.25, 0.3) is 5.91 Å². The van der Waals surface area contributed by atoms with Crippen molar-refractivity contribution < 1.29 is 19.1 Å². The summed E-state index contributed by atoms with van der Waals surface area (Å²) in [7, 11) is 0. The molecule has 7 heteroatoms. The fraction of sp³-hybridized carbons (Fsp3) is 0.222. The van der Waals surface area contributed by atoms with Crippen LogP contribution < -0.4 is 14.9 Å². The van der Waals surface area contributed by atoms with E-state index < -0.39 is 11.9 Å². The Morgan fingerprint density at radius 1 is 1.00 bits per heavy atom. The Labute approximate surface area is 208 Å². The zero-order valence-corrected chi connectivity index (χ0v) is 21.2. The third-order valence-corrected chi connectivity index (χ3v) is 5.66. The first-order valence-electron chi connectivity index (χ1n) is 10.9. The summed E-state index contributed by atoms with van der Waals surface area (Å²) in [6.45, 7) is 7.81. The Balaban J connectivity index is 1.64. The molecule has 0 saturated heterocycles. The number of hydrogen-bond donors (Lipinski definition) is 1. The molecule has 0 aliphatic carbocycles. The van der Waals surface area contributed by atoms with E-state index in [9.17, 15) is 9.59 Å². The molecule has 1 amide bonds. The molecule has 1 N–H and O–H groups in total. The van der Waals surface area contributed by atoms with Gasteiger partial charge in [-0.15, -0.1) is 0 Å². The highest BCUT2D eigenvalue weighted by Gasteiger charge is 2.14. The molecule has 0 unspecified atom stereocenters. The Bertz CT molecular complexity index is 1220. The second-order valence-corrected chi connectivity index (χ2v) is 9.06. The summed E-state index contributed by atoms with van der Waals surface area (Å²) in [5.74, 6) is 0.487. The zero-order chi connectivity index (χ0) is 24.7. The largest absolute Gasteiger partial charge is 0.483 e. The fourth-order valence-electron chi connectivity index (χ4n) is 3.15. The van der Waals surface area contributed by atoms with Crippen molar-refractivity contribution in [2.75, 3.05) is 6.61 Å². The molecule has 0 aliphatic rings. The normalized spacial score (nSPS) is 11.0. The van der Waals surface area contributed by atoms with E-state index in [1.165, 1.54) is 6.21 Å². The molecule has 3 aromatic rings. The number of hydrazone groups is 1. The van der Waals surface area contributed by atoms with E-state index in [-0.39, 0.29) is 6.61 Å². The molecule has 3 rings (SSSR count). The summed E-state index contributed by atoms with van der Waals surface area (Å²) < 4.78 is 12.0. The number of hydrogen-bond acceptors (Lipinski definition) is 5. The first kappa shape index (κ1) is 25.2. The minimum Gasteiger partial charge on any atom is -0.483 e. The molecule has 0 fully saturated rings. The van der Waals surface area contributed by atoms with Gasteiger partial charge in [-0.25, -0.2) is 10.2 Å². The number of carbonyl (C=O) groups excluding carboxylic acids is 2. The molecule has 0 aliphatic heterocycles. The Kier molecular flexibility index (Phi) is 8.60. The minimum absolute atomic E-state index is 0.173. The van der Waals surface area contributed by atoms with Crippen molar-refractivity contribution >= 4 is 34.0 Å². The van der Waals surface area contributed by atoms with Crippen LogP contribution in [0.3, 0.4) is 0 Å². The SMILES string of the molecule is Cc1ccc(C(C)C)cc1OCC(=O)N/N=C/c1cc(Br)ccc1OC(=O)c1ccccc1C. The summed E-state index contributed by atoms with van der Waals surface area (Å²) in [6, 6.07) is 18.4. The molecule has 176 valence electrons. The number of rotatable bonds is 8. The molecule has 0 heterocycles. The van der Waals surface area contributed by atoms with Crippen molar-refractivity contribution in [1.29, 1.82) is 0 Å². The lowest BCUT2D eigenvalue weighted by Gasteiger charge is -2.12. The van der Waals surface area contributed by atoms with E-state index in [0.29, 0.717) is 28.5 Å². The molecule has 0 spiro atoms. The summed E-state index contributed by atoms with van der Waals surface area (Å²) in [4.78, 5) is 24.8. The minimum atomic E-state index is -0.466. The van der Waals surface area contributed by atoms with Gasteiger partial charge >= 0.3 is 5.97 Å². The summed E-state index contributed by atoms with van der Waals surface area (Å²) in [5.41, 5.74) is 6.37. The average molecular weight is 523 g/mol. The predicted molar refractivity (Wildman–Crippen MR) is 137 cm³/mol. The first-order chi connectivity index (χ1) is 16.2. The van der Waals surface area contributed by atoms with Crippen molar-refractivity contribution in [2.45, 2.75) is 33.6 Å². The highest BCUT2D eigenvalue weighted by Crippen LogP contribution is 2.25. The van der Waals surface area contributed by atoms with Crippen LogP contribution >= 0.6 is 15.9 Å². The van der Waals surface area contributed by atoms with E-state index in [4.69, 9.17) is 9.47 Å². The van der Waals surface area contributed by atoms with E-state index in [0.717, 1.165) is 21.2 Å². The molecule has 6 nitrogen and oxygen atoms in total. The third-order valence-electron chi connectivity index (χ3n) is 5.17. The molecule has 34 heavy (non-hydrogen) atoms. The Morgan fingerprint density at radius 3 is 2.50 bits per heavy atom. The van der Waals surface area contributed by atoms with Crippen LogP contribution in [0.15, 0.2) is 70.2 Å². The van der Waals surface area contributed by atoms with Crippen LogP contribution in [-0.2, 0) is 4.79 Å². The van der Waals surface area contributed by atoms with Gasteiger partial charge in [-0.1, -0.05) is 60.1 Å². The number of nitrogens with one attached hydrogen (secondary N) is 1. The van der Waals surface area contributed by atoms with Crippen LogP contribution in [0, 0.1) is 13.8 Å². The summed E-state index contributed by atoms with van der Waals surface area (Å²) >= 11 is 3.40. The molecule has 0 saturated carbocycles. The summed E-state index contributed by atoms with van der Waals surface area (Å²) in [6.07, 6.45) is 1.42. The quantitative estimate of drug-likeness (QED) is 0.172. The van der Waals surface area contributed by atoms with E-state index in [1.807, 2.05) is 38.1 Å². The number of esters is 1. The maximum atomic E-state index is 12.6. The molecule has 3 aromatic carbocycles. The average Bonchev–Trinajstić information content (AvgIpc) is 2.80. The van der Waals surface area contributed by atoms with Gasteiger partial charge in [0.05, 0.1) is 11.8 Å². The summed E-state index contributed by atoms with van der Waals surface area (Å²) in [5, 5.41) is 4.00. The van der Waals surface area contributed by atoms with Crippen molar-refractivity contribution in [3.8, 4) is 11.5 Å². The second-order valence-electron chi connectivity index (χ2n) is 8.15. The van der Waals surface area contributed by atoms with Gasteiger partial charge < -0.3 is 9.47 Å².